The SMILES string of the molecule is CCOC(=O)C(C(=O)OCC)=C1CCOCC1. The van der Waals surface area contributed by atoms with E-state index in [0.29, 0.717) is 26.1 Å². The number of rotatable bonds is 4. The van der Waals surface area contributed by atoms with Crippen LogP contribution < -0.4 is 0 Å². The summed E-state index contributed by atoms with van der Waals surface area (Å²) < 4.78 is 15.0. The van der Waals surface area contributed by atoms with Gasteiger partial charge >= 0.3 is 11.9 Å². The normalized spacial score (nSPS) is 15.3. The van der Waals surface area contributed by atoms with Crippen LogP contribution in [-0.2, 0) is 23.8 Å². The van der Waals surface area contributed by atoms with Gasteiger partial charge in [0.2, 0.25) is 0 Å². The summed E-state index contributed by atoms with van der Waals surface area (Å²) in [5, 5.41) is 0. The molecule has 0 aromatic heterocycles. The van der Waals surface area contributed by atoms with Crippen molar-refractivity contribution in [2.24, 2.45) is 0 Å². The largest absolute Gasteiger partial charge is 0.462 e. The number of carbonyl (C=O) groups is 2. The number of hydrogen-bond donors (Lipinski definition) is 0. The van der Waals surface area contributed by atoms with Gasteiger partial charge in [-0.2, -0.15) is 0 Å². The summed E-state index contributed by atoms with van der Waals surface area (Å²) in [5.41, 5.74) is 0.824. The second kappa shape index (κ2) is 7.06. The average molecular weight is 242 g/mol. The number of hydrogen-bond acceptors (Lipinski definition) is 5. The van der Waals surface area contributed by atoms with Gasteiger partial charge in [-0.15, -0.1) is 0 Å². The van der Waals surface area contributed by atoms with E-state index < -0.39 is 11.9 Å². The highest BCUT2D eigenvalue weighted by atomic mass is 16.6. The van der Waals surface area contributed by atoms with Gasteiger partial charge in [0.15, 0.2) is 0 Å². The van der Waals surface area contributed by atoms with Gasteiger partial charge in [-0.05, 0) is 32.3 Å². The van der Waals surface area contributed by atoms with E-state index in [1.807, 2.05) is 0 Å². The molecule has 0 atom stereocenters. The Balaban J connectivity index is 2.91. The molecule has 0 radical (unpaired) electrons. The van der Waals surface area contributed by atoms with Gasteiger partial charge in [0.05, 0.1) is 26.4 Å². The first kappa shape index (κ1) is 13.7. The van der Waals surface area contributed by atoms with E-state index in [2.05, 4.69) is 0 Å². The molecule has 1 fully saturated rings. The van der Waals surface area contributed by atoms with Gasteiger partial charge in [0.25, 0.3) is 0 Å². The molecule has 0 aromatic carbocycles. The minimum Gasteiger partial charge on any atom is -0.462 e. The molecule has 1 aliphatic heterocycles. The molecule has 0 amide bonds. The van der Waals surface area contributed by atoms with Crippen molar-refractivity contribution in [3.63, 3.8) is 0 Å². The van der Waals surface area contributed by atoms with E-state index in [-0.39, 0.29) is 18.8 Å². The maximum absolute atomic E-state index is 11.7. The topological polar surface area (TPSA) is 61.8 Å². The van der Waals surface area contributed by atoms with Crippen LogP contribution in [0.1, 0.15) is 26.7 Å². The predicted octanol–water partition coefficient (Wildman–Crippen LogP) is 1.22. The van der Waals surface area contributed by atoms with Gasteiger partial charge in [0.1, 0.15) is 5.57 Å². The van der Waals surface area contributed by atoms with Gasteiger partial charge < -0.3 is 14.2 Å². The van der Waals surface area contributed by atoms with E-state index in [9.17, 15) is 9.59 Å². The summed E-state index contributed by atoms with van der Waals surface area (Å²) in [6.07, 6.45) is 1.15. The van der Waals surface area contributed by atoms with E-state index in [1.54, 1.807) is 13.8 Å². The number of carbonyl (C=O) groups excluding carboxylic acids is 2. The summed E-state index contributed by atoms with van der Waals surface area (Å²) in [4.78, 5) is 23.5. The summed E-state index contributed by atoms with van der Waals surface area (Å²) in [6.45, 7) is 4.94. The quantitative estimate of drug-likeness (QED) is 0.321. The summed E-state index contributed by atoms with van der Waals surface area (Å²) in [6, 6.07) is 0. The zero-order valence-electron chi connectivity index (χ0n) is 10.3. The van der Waals surface area contributed by atoms with Crippen molar-refractivity contribution in [3.8, 4) is 0 Å². The standard InChI is InChI=1S/C12H18O5/c1-3-16-11(13)10(12(14)17-4-2)9-5-7-15-8-6-9/h3-8H2,1-2H3. The minimum absolute atomic E-state index is 0.0528. The first-order valence-electron chi connectivity index (χ1n) is 5.84. The van der Waals surface area contributed by atoms with Crippen LogP contribution in [0.2, 0.25) is 0 Å². The fourth-order valence-corrected chi connectivity index (χ4v) is 1.65. The number of ether oxygens (including phenoxy) is 3. The van der Waals surface area contributed by atoms with Crippen LogP contribution in [0.3, 0.4) is 0 Å². The molecule has 0 aliphatic carbocycles. The molecule has 0 aromatic rings. The lowest BCUT2D eigenvalue weighted by atomic mass is 10.0. The van der Waals surface area contributed by atoms with Crippen molar-refractivity contribution in [3.05, 3.63) is 11.1 Å². The van der Waals surface area contributed by atoms with Crippen molar-refractivity contribution in [2.45, 2.75) is 26.7 Å². The molecule has 0 spiro atoms. The highest BCUT2D eigenvalue weighted by molar-refractivity contribution is 6.14. The minimum atomic E-state index is -0.595. The van der Waals surface area contributed by atoms with E-state index in [4.69, 9.17) is 14.2 Å². The summed E-state index contributed by atoms with van der Waals surface area (Å²) in [5.74, 6) is -1.19. The van der Waals surface area contributed by atoms with E-state index in [0.717, 1.165) is 5.57 Å². The molecule has 5 heteroatoms. The molecule has 0 saturated carbocycles. The fourth-order valence-electron chi connectivity index (χ4n) is 1.65. The molecular weight excluding hydrogens is 224 g/mol. The van der Waals surface area contributed by atoms with Crippen molar-refractivity contribution in [2.75, 3.05) is 26.4 Å². The molecule has 0 unspecified atom stereocenters. The van der Waals surface area contributed by atoms with E-state index >= 15 is 0 Å². The van der Waals surface area contributed by atoms with Crippen LogP contribution in [0.5, 0.6) is 0 Å². The lowest BCUT2D eigenvalue weighted by molar-refractivity contribution is -0.146. The Kier molecular flexibility index (Phi) is 5.69. The monoisotopic (exact) mass is 242 g/mol. The second-order valence-corrected chi connectivity index (χ2v) is 3.53. The van der Waals surface area contributed by atoms with Crippen LogP contribution in [0.25, 0.3) is 0 Å². The molecule has 1 aliphatic rings. The molecule has 96 valence electrons. The molecule has 1 rings (SSSR count). The smallest absolute Gasteiger partial charge is 0.345 e. The first-order chi connectivity index (χ1) is 8.20. The maximum Gasteiger partial charge on any atom is 0.345 e. The van der Waals surface area contributed by atoms with Crippen molar-refractivity contribution < 1.29 is 23.8 Å². The van der Waals surface area contributed by atoms with Crippen molar-refractivity contribution >= 4 is 11.9 Å². The molecular formula is C12H18O5. The Morgan fingerprint density at radius 1 is 1.06 bits per heavy atom. The first-order valence-corrected chi connectivity index (χ1v) is 5.84. The number of esters is 2. The lowest BCUT2D eigenvalue weighted by Gasteiger charge is -2.18. The third-order valence-corrected chi connectivity index (χ3v) is 2.41. The fraction of sp³-hybridized carbons (Fsp3) is 0.667. The molecule has 0 bridgehead atoms. The molecule has 17 heavy (non-hydrogen) atoms. The highest BCUT2D eigenvalue weighted by Crippen LogP contribution is 2.20. The van der Waals surface area contributed by atoms with Crippen LogP contribution in [0, 0.1) is 0 Å². The van der Waals surface area contributed by atoms with Crippen LogP contribution >= 0.6 is 0 Å². The molecule has 1 heterocycles. The van der Waals surface area contributed by atoms with Gasteiger partial charge in [-0.25, -0.2) is 9.59 Å². The molecule has 5 nitrogen and oxygen atoms in total. The molecule has 1 saturated heterocycles. The Labute approximate surface area is 101 Å². The zero-order valence-corrected chi connectivity index (χ0v) is 10.3. The Bertz CT molecular complexity index is 291. The lowest BCUT2D eigenvalue weighted by Crippen LogP contribution is -2.23. The molecule has 0 N–H and O–H groups in total. The maximum atomic E-state index is 11.7. The van der Waals surface area contributed by atoms with Crippen LogP contribution in [0.15, 0.2) is 11.1 Å². The predicted molar refractivity (Wildman–Crippen MR) is 60.3 cm³/mol. The van der Waals surface area contributed by atoms with Crippen LogP contribution in [-0.4, -0.2) is 38.4 Å². The zero-order chi connectivity index (χ0) is 12.7. The summed E-state index contributed by atoms with van der Waals surface area (Å²) in [7, 11) is 0. The Morgan fingerprint density at radius 2 is 1.53 bits per heavy atom. The third kappa shape index (κ3) is 3.85. The average Bonchev–Trinajstić information content (AvgIpc) is 2.31. The van der Waals surface area contributed by atoms with Crippen molar-refractivity contribution in [1.82, 2.24) is 0 Å². The Morgan fingerprint density at radius 3 is 1.94 bits per heavy atom. The van der Waals surface area contributed by atoms with Gasteiger partial charge in [-0.1, -0.05) is 0 Å². The second-order valence-electron chi connectivity index (χ2n) is 3.53. The van der Waals surface area contributed by atoms with E-state index in [1.165, 1.54) is 0 Å². The Hall–Kier alpha value is -1.36. The van der Waals surface area contributed by atoms with Crippen LogP contribution in [0.4, 0.5) is 0 Å². The van der Waals surface area contributed by atoms with Gasteiger partial charge in [-0.3, -0.25) is 0 Å². The highest BCUT2D eigenvalue weighted by Gasteiger charge is 2.26. The third-order valence-electron chi connectivity index (χ3n) is 2.41. The van der Waals surface area contributed by atoms with Gasteiger partial charge in [0, 0.05) is 0 Å². The summed E-state index contributed by atoms with van der Waals surface area (Å²) >= 11 is 0. The van der Waals surface area contributed by atoms with Crippen molar-refractivity contribution in [1.29, 1.82) is 0 Å².